The van der Waals surface area contributed by atoms with Crippen LogP contribution >= 0.6 is 11.3 Å². The number of rotatable bonds is 8. The fourth-order valence-corrected chi connectivity index (χ4v) is 3.06. The van der Waals surface area contributed by atoms with Gasteiger partial charge >= 0.3 is 0 Å². The van der Waals surface area contributed by atoms with Crippen molar-refractivity contribution in [1.29, 1.82) is 0 Å². The third-order valence-corrected chi connectivity index (χ3v) is 4.52. The Morgan fingerprint density at radius 2 is 1.92 bits per heavy atom. The summed E-state index contributed by atoms with van der Waals surface area (Å²) in [5.74, 6) is -0.0731. The van der Waals surface area contributed by atoms with Gasteiger partial charge in [-0.25, -0.2) is 0 Å². The molecule has 2 aromatic rings. The van der Waals surface area contributed by atoms with Gasteiger partial charge in [-0.3, -0.25) is 14.5 Å². The Hall–Kier alpha value is -2.18. The van der Waals surface area contributed by atoms with Gasteiger partial charge in [0.25, 0.3) is 5.91 Å². The number of thiophene rings is 1. The normalized spacial score (nSPS) is 10.6. The van der Waals surface area contributed by atoms with Crippen LogP contribution in [0.15, 0.2) is 41.8 Å². The molecule has 1 aromatic heterocycles. The quantitative estimate of drug-likeness (QED) is 0.768. The molecule has 1 aromatic carbocycles. The average Bonchev–Trinajstić information content (AvgIpc) is 3.08. The first-order chi connectivity index (χ1) is 11.6. The van der Waals surface area contributed by atoms with Crippen LogP contribution in [0.2, 0.25) is 0 Å². The van der Waals surface area contributed by atoms with E-state index in [-0.39, 0.29) is 11.8 Å². The van der Waals surface area contributed by atoms with Crippen LogP contribution in [-0.4, -0.2) is 43.9 Å². The first kappa shape index (κ1) is 18.2. The Labute approximate surface area is 146 Å². The molecule has 0 saturated heterocycles. The van der Waals surface area contributed by atoms with Gasteiger partial charge in [-0.2, -0.15) is 0 Å². The van der Waals surface area contributed by atoms with Crippen LogP contribution in [-0.2, 0) is 17.8 Å². The van der Waals surface area contributed by atoms with Gasteiger partial charge in [0.2, 0.25) is 5.91 Å². The largest absolute Gasteiger partial charge is 0.355 e. The molecule has 2 amide bonds. The van der Waals surface area contributed by atoms with Crippen molar-refractivity contribution in [3.63, 3.8) is 0 Å². The molecule has 1 heterocycles. The minimum Gasteiger partial charge on any atom is -0.355 e. The van der Waals surface area contributed by atoms with Gasteiger partial charge in [0, 0.05) is 30.6 Å². The molecule has 0 aliphatic heterocycles. The monoisotopic (exact) mass is 345 g/mol. The second-order valence-corrected chi connectivity index (χ2v) is 6.66. The molecule has 2 rings (SSSR count). The summed E-state index contributed by atoms with van der Waals surface area (Å²) in [6.07, 6.45) is 0.869. The van der Waals surface area contributed by atoms with Crippen LogP contribution < -0.4 is 10.6 Å². The van der Waals surface area contributed by atoms with Crippen molar-refractivity contribution in [3.8, 4) is 0 Å². The number of hydrogen-bond donors (Lipinski definition) is 2. The van der Waals surface area contributed by atoms with E-state index in [2.05, 4.69) is 16.7 Å². The number of carbonyl (C=O) groups excluding carboxylic acids is 2. The molecule has 0 bridgehead atoms. The number of nitrogens with one attached hydrogen (secondary N) is 2. The first-order valence-corrected chi connectivity index (χ1v) is 8.75. The topological polar surface area (TPSA) is 61.4 Å². The van der Waals surface area contributed by atoms with E-state index in [9.17, 15) is 9.59 Å². The Balaban J connectivity index is 1.72. The van der Waals surface area contributed by atoms with E-state index >= 15 is 0 Å². The Morgan fingerprint density at radius 1 is 1.17 bits per heavy atom. The van der Waals surface area contributed by atoms with Crippen LogP contribution in [0, 0.1) is 0 Å². The lowest BCUT2D eigenvalue weighted by atomic mass is 10.1. The highest BCUT2D eigenvalue weighted by molar-refractivity contribution is 7.09. The van der Waals surface area contributed by atoms with Crippen LogP contribution in [0.4, 0.5) is 0 Å². The van der Waals surface area contributed by atoms with Gasteiger partial charge in [0.05, 0.1) is 6.54 Å². The molecule has 128 valence electrons. The van der Waals surface area contributed by atoms with Crippen LogP contribution in [0.3, 0.4) is 0 Å². The fourth-order valence-electron chi connectivity index (χ4n) is 2.35. The minimum atomic E-state index is -0.0972. The highest BCUT2D eigenvalue weighted by Gasteiger charge is 2.08. The molecular formula is C18H23N3O2S. The summed E-state index contributed by atoms with van der Waals surface area (Å²) in [7, 11) is 3.52. The molecule has 0 unspecified atom stereocenters. The van der Waals surface area contributed by atoms with Gasteiger partial charge in [-0.05, 0) is 42.6 Å². The lowest BCUT2D eigenvalue weighted by Crippen LogP contribution is -2.35. The summed E-state index contributed by atoms with van der Waals surface area (Å²) in [5, 5.41) is 7.58. The van der Waals surface area contributed by atoms with Crippen molar-refractivity contribution in [3.05, 3.63) is 57.8 Å². The van der Waals surface area contributed by atoms with Crippen molar-refractivity contribution < 1.29 is 9.59 Å². The summed E-state index contributed by atoms with van der Waals surface area (Å²) < 4.78 is 0. The molecule has 24 heavy (non-hydrogen) atoms. The first-order valence-electron chi connectivity index (χ1n) is 7.87. The van der Waals surface area contributed by atoms with E-state index in [1.54, 1.807) is 30.5 Å². The van der Waals surface area contributed by atoms with Gasteiger partial charge in [-0.1, -0.05) is 18.2 Å². The van der Waals surface area contributed by atoms with E-state index in [1.165, 1.54) is 4.88 Å². The lowest BCUT2D eigenvalue weighted by Gasteiger charge is -2.16. The predicted molar refractivity (Wildman–Crippen MR) is 97.2 cm³/mol. The average molecular weight is 345 g/mol. The summed E-state index contributed by atoms with van der Waals surface area (Å²) in [6.45, 7) is 1.67. The Morgan fingerprint density at radius 3 is 2.54 bits per heavy atom. The zero-order valence-electron chi connectivity index (χ0n) is 14.0. The molecule has 0 radical (unpaired) electrons. The molecule has 0 aliphatic rings. The maximum Gasteiger partial charge on any atom is 0.251 e. The standard InChI is InChI=1S/C18H23N3O2S/c1-19-18(23)15-7-5-14(6-8-15)12-21(2)13-17(22)20-10-9-16-4-3-11-24-16/h3-8,11H,9-10,12-13H2,1-2H3,(H,19,23)(H,20,22). The summed E-state index contributed by atoms with van der Waals surface area (Å²) in [5.41, 5.74) is 1.70. The lowest BCUT2D eigenvalue weighted by molar-refractivity contribution is -0.122. The van der Waals surface area contributed by atoms with E-state index in [0.29, 0.717) is 25.2 Å². The van der Waals surface area contributed by atoms with E-state index < -0.39 is 0 Å². The molecule has 0 spiro atoms. The molecule has 5 nitrogen and oxygen atoms in total. The highest BCUT2D eigenvalue weighted by Crippen LogP contribution is 2.08. The zero-order chi connectivity index (χ0) is 17.4. The molecule has 0 atom stereocenters. The van der Waals surface area contributed by atoms with Crippen LogP contribution in [0.5, 0.6) is 0 Å². The highest BCUT2D eigenvalue weighted by atomic mass is 32.1. The number of amides is 2. The second kappa shape index (κ2) is 9.20. The second-order valence-electron chi connectivity index (χ2n) is 5.63. The number of hydrogen-bond acceptors (Lipinski definition) is 4. The molecular weight excluding hydrogens is 322 g/mol. The van der Waals surface area contributed by atoms with Crippen molar-refractivity contribution >= 4 is 23.2 Å². The summed E-state index contributed by atoms with van der Waals surface area (Å²) >= 11 is 1.70. The fraction of sp³-hybridized carbons (Fsp3) is 0.333. The molecule has 0 fully saturated rings. The zero-order valence-corrected chi connectivity index (χ0v) is 14.9. The minimum absolute atomic E-state index is 0.0241. The molecule has 0 aliphatic carbocycles. The van der Waals surface area contributed by atoms with Crippen LogP contribution in [0.1, 0.15) is 20.8 Å². The summed E-state index contributed by atoms with van der Waals surface area (Å²) in [4.78, 5) is 26.7. The third kappa shape index (κ3) is 5.79. The van der Waals surface area contributed by atoms with E-state index in [1.807, 2.05) is 35.5 Å². The van der Waals surface area contributed by atoms with Crippen molar-refractivity contribution in [2.24, 2.45) is 0 Å². The Kier molecular flexibility index (Phi) is 6.96. The predicted octanol–water partition coefficient (Wildman–Crippen LogP) is 1.90. The van der Waals surface area contributed by atoms with Crippen molar-refractivity contribution in [2.75, 3.05) is 27.2 Å². The summed E-state index contributed by atoms with van der Waals surface area (Å²) in [6, 6.07) is 11.5. The number of nitrogens with zero attached hydrogens (tertiary/aromatic N) is 1. The van der Waals surface area contributed by atoms with Crippen molar-refractivity contribution in [2.45, 2.75) is 13.0 Å². The third-order valence-electron chi connectivity index (χ3n) is 3.58. The maximum atomic E-state index is 12.0. The van der Waals surface area contributed by atoms with E-state index in [4.69, 9.17) is 0 Å². The molecule has 6 heteroatoms. The Bertz CT molecular complexity index is 653. The SMILES string of the molecule is CNC(=O)c1ccc(CN(C)CC(=O)NCCc2cccs2)cc1. The molecule has 2 N–H and O–H groups in total. The van der Waals surface area contributed by atoms with E-state index in [0.717, 1.165) is 12.0 Å². The van der Waals surface area contributed by atoms with Gasteiger partial charge < -0.3 is 10.6 Å². The maximum absolute atomic E-state index is 12.0. The van der Waals surface area contributed by atoms with Gasteiger partial charge in [0.1, 0.15) is 0 Å². The number of likely N-dealkylation sites (N-methyl/N-ethyl adjacent to an activating group) is 1. The number of benzene rings is 1. The molecule has 0 saturated carbocycles. The van der Waals surface area contributed by atoms with Crippen molar-refractivity contribution in [1.82, 2.24) is 15.5 Å². The van der Waals surface area contributed by atoms with Crippen LogP contribution in [0.25, 0.3) is 0 Å². The number of carbonyl (C=O) groups is 2. The van der Waals surface area contributed by atoms with Gasteiger partial charge in [0.15, 0.2) is 0 Å². The van der Waals surface area contributed by atoms with Gasteiger partial charge in [-0.15, -0.1) is 11.3 Å². The smallest absolute Gasteiger partial charge is 0.251 e.